The minimum atomic E-state index is -0.704. The van der Waals surface area contributed by atoms with Gasteiger partial charge < -0.3 is 16.8 Å². The second-order valence-electron chi connectivity index (χ2n) is 3.83. The Morgan fingerprint density at radius 3 is 2.37 bits per heavy atom. The summed E-state index contributed by atoms with van der Waals surface area (Å²) < 4.78 is 26.1. The molecule has 0 aliphatic heterocycles. The molecule has 7 heteroatoms. The van der Waals surface area contributed by atoms with Crippen molar-refractivity contribution in [2.75, 3.05) is 11.1 Å². The maximum atomic E-state index is 13.0. The lowest BCUT2D eigenvalue weighted by Crippen LogP contribution is -2.16. The van der Waals surface area contributed by atoms with Gasteiger partial charge in [0.1, 0.15) is 29.0 Å². The van der Waals surface area contributed by atoms with Crippen LogP contribution in [0.3, 0.4) is 0 Å². The highest BCUT2D eigenvalue weighted by molar-refractivity contribution is 5.98. The summed E-state index contributed by atoms with van der Waals surface area (Å²) in [5.41, 5.74) is 11.5. The van der Waals surface area contributed by atoms with E-state index in [0.29, 0.717) is 0 Å². The number of rotatable bonds is 3. The monoisotopic (exact) mass is 263 g/mol. The van der Waals surface area contributed by atoms with Gasteiger partial charge in [-0.2, -0.15) is 0 Å². The Morgan fingerprint density at radius 2 is 1.79 bits per heavy atom. The Hall–Kier alpha value is -2.70. The highest BCUT2D eigenvalue weighted by Crippen LogP contribution is 2.19. The minimum absolute atomic E-state index is 0.113. The zero-order chi connectivity index (χ0) is 14.0. The molecule has 6 N–H and O–H groups in total. The average Bonchev–Trinajstić information content (AvgIpc) is 2.30. The number of halogens is 2. The van der Waals surface area contributed by atoms with Gasteiger partial charge in [0.25, 0.3) is 0 Å². The predicted octanol–water partition coefficient (Wildman–Crippen LogP) is 1.97. The van der Waals surface area contributed by atoms with Crippen molar-refractivity contribution in [3.63, 3.8) is 0 Å². The van der Waals surface area contributed by atoms with E-state index in [-0.39, 0.29) is 28.7 Å². The van der Waals surface area contributed by atoms with Gasteiger partial charge >= 0.3 is 0 Å². The van der Waals surface area contributed by atoms with Crippen LogP contribution in [0.25, 0.3) is 0 Å². The molecule has 0 atom stereocenters. The molecular formula is C12H11F2N5. The first-order valence-corrected chi connectivity index (χ1v) is 5.30. The molecule has 0 amide bonds. The first kappa shape index (κ1) is 12.7. The van der Waals surface area contributed by atoms with Gasteiger partial charge in [0, 0.05) is 11.8 Å². The third kappa shape index (κ3) is 2.95. The summed E-state index contributed by atoms with van der Waals surface area (Å²) in [4.78, 5) is 4.00. The number of nitrogens with one attached hydrogen (secondary N) is 2. The molecule has 1 aromatic heterocycles. The fraction of sp³-hybridized carbons (Fsp3) is 0. The number of nitrogens with two attached hydrogens (primary N) is 2. The van der Waals surface area contributed by atoms with Crippen molar-refractivity contribution in [3.05, 3.63) is 47.7 Å². The number of hydrogen-bond donors (Lipinski definition) is 4. The Kier molecular flexibility index (Phi) is 3.28. The van der Waals surface area contributed by atoms with Crippen molar-refractivity contribution >= 4 is 23.0 Å². The number of anilines is 3. The fourth-order valence-corrected chi connectivity index (χ4v) is 1.53. The number of benzene rings is 1. The number of nitrogen functional groups attached to an aromatic ring is 2. The molecule has 1 aromatic carbocycles. The van der Waals surface area contributed by atoms with Crippen molar-refractivity contribution in [2.24, 2.45) is 5.73 Å². The van der Waals surface area contributed by atoms with Crippen LogP contribution in [0.5, 0.6) is 0 Å². The van der Waals surface area contributed by atoms with Crippen LogP contribution in [-0.4, -0.2) is 10.8 Å². The summed E-state index contributed by atoms with van der Waals surface area (Å²) in [6.07, 6.45) is 0. The Labute approximate surface area is 107 Å². The van der Waals surface area contributed by atoms with Crippen LogP contribution >= 0.6 is 0 Å². The van der Waals surface area contributed by atoms with Crippen LogP contribution in [0.4, 0.5) is 26.0 Å². The van der Waals surface area contributed by atoms with Crippen molar-refractivity contribution in [1.29, 1.82) is 5.41 Å². The van der Waals surface area contributed by atoms with Crippen LogP contribution in [0.1, 0.15) is 5.69 Å². The van der Waals surface area contributed by atoms with E-state index in [2.05, 4.69) is 10.3 Å². The second-order valence-corrected chi connectivity index (χ2v) is 3.83. The molecule has 0 unspecified atom stereocenters. The highest BCUT2D eigenvalue weighted by atomic mass is 19.1. The number of hydrogen-bond acceptors (Lipinski definition) is 4. The van der Waals surface area contributed by atoms with Gasteiger partial charge in [-0.15, -0.1) is 0 Å². The molecule has 0 bridgehead atoms. The molecule has 0 aliphatic rings. The minimum Gasteiger partial charge on any atom is -0.397 e. The van der Waals surface area contributed by atoms with Gasteiger partial charge in [-0.25, -0.2) is 13.8 Å². The van der Waals surface area contributed by atoms with E-state index in [0.717, 1.165) is 18.2 Å². The first-order valence-electron chi connectivity index (χ1n) is 5.30. The molecule has 19 heavy (non-hydrogen) atoms. The molecule has 1 heterocycles. The van der Waals surface area contributed by atoms with E-state index in [1.54, 1.807) is 0 Å². The SMILES string of the molecule is N=C(N)c1nc(Nc2cc(F)cc(F)c2)ccc1N. The maximum Gasteiger partial charge on any atom is 0.144 e. The lowest BCUT2D eigenvalue weighted by atomic mass is 10.2. The smallest absolute Gasteiger partial charge is 0.144 e. The molecule has 98 valence electrons. The van der Waals surface area contributed by atoms with Gasteiger partial charge in [0.2, 0.25) is 0 Å². The number of nitrogens with zero attached hydrogens (tertiary/aromatic N) is 1. The van der Waals surface area contributed by atoms with Crippen molar-refractivity contribution in [1.82, 2.24) is 4.98 Å². The van der Waals surface area contributed by atoms with Gasteiger partial charge in [-0.3, -0.25) is 5.41 Å². The largest absolute Gasteiger partial charge is 0.397 e. The molecule has 5 nitrogen and oxygen atoms in total. The number of pyridine rings is 1. The number of aromatic nitrogens is 1. The maximum absolute atomic E-state index is 13.0. The molecule has 0 saturated carbocycles. The van der Waals surface area contributed by atoms with Crippen molar-refractivity contribution in [2.45, 2.75) is 0 Å². The van der Waals surface area contributed by atoms with Crippen LogP contribution in [-0.2, 0) is 0 Å². The first-order chi connectivity index (χ1) is 8.95. The molecule has 0 fully saturated rings. The Balaban J connectivity index is 2.33. The van der Waals surface area contributed by atoms with Gasteiger partial charge in [0.05, 0.1) is 5.69 Å². The van der Waals surface area contributed by atoms with Gasteiger partial charge in [0.15, 0.2) is 0 Å². The zero-order valence-corrected chi connectivity index (χ0v) is 9.74. The second kappa shape index (κ2) is 4.89. The van der Waals surface area contributed by atoms with E-state index in [9.17, 15) is 8.78 Å². The van der Waals surface area contributed by atoms with E-state index in [4.69, 9.17) is 16.9 Å². The third-order valence-corrected chi connectivity index (χ3v) is 2.32. The van der Waals surface area contributed by atoms with Crippen LogP contribution in [0.15, 0.2) is 30.3 Å². The number of amidine groups is 1. The zero-order valence-electron chi connectivity index (χ0n) is 9.74. The summed E-state index contributed by atoms with van der Waals surface area (Å²) >= 11 is 0. The fourth-order valence-electron chi connectivity index (χ4n) is 1.53. The van der Waals surface area contributed by atoms with E-state index in [1.165, 1.54) is 12.1 Å². The quantitative estimate of drug-likeness (QED) is 0.502. The summed E-state index contributed by atoms with van der Waals surface area (Å²) in [7, 11) is 0. The predicted molar refractivity (Wildman–Crippen MR) is 69.3 cm³/mol. The van der Waals surface area contributed by atoms with E-state index < -0.39 is 11.6 Å². The summed E-state index contributed by atoms with van der Waals surface area (Å²) in [5, 5.41) is 10.0. The molecule has 0 radical (unpaired) electrons. The molecule has 0 aliphatic carbocycles. The van der Waals surface area contributed by atoms with Crippen molar-refractivity contribution in [3.8, 4) is 0 Å². The molecule has 2 aromatic rings. The highest BCUT2D eigenvalue weighted by Gasteiger charge is 2.07. The molecular weight excluding hydrogens is 252 g/mol. The molecule has 0 saturated heterocycles. The molecule has 0 spiro atoms. The Morgan fingerprint density at radius 1 is 1.16 bits per heavy atom. The lowest BCUT2D eigenvalue weighted by molar-refractivity contribution is 0.584. The average molecular weight is 263 g/mol. The standard InChI is InChI=1S/C12H11F2N5/c13-6-3-7(14)5-8(4-6)18-10-2-1-9(15)11(19-10)12(16)17/h1-5H,15H2,(H3,16,17)(H,18,19). The van der Waals surface area contributed by atoms with Crippen LogP contribution in [0.2, 0.25) is 0 Å². The summed E-state index contributed by atoms with van der Waals surface area (Å²) in [6, 6.07) is 6.03. The normalized spacial score (nSPS) is 10.2. The summed E-state index contributed by atoms with van der Waals surface area (Å²) in [6.45, 7) is 0. The lowest BCUT2D eigenvalue weighted by Gasteiger charge is -2.09. The van der Waals surface area contributed by atoms with Crippen LogP contribution in [0, 0.1) is 17.0 Å². The summed E-state index contributed by atoms with van der Waals surface area (Å²) in [5.74, 6) is -1.41. The van der Waals surface area contributed by atoms with E-state index >= 15 is 0 Å². The Bertz CT molecular complexity index is 622. The van der Waals surface area contributed by atoms with E-state index in [1.807, 2.05) is 0 Å². The van der Waals surface area contributed by atoms with Gasteiger partial charge in [-0.05, 0) is 24.3 Å². The topological polar surface area (TPSA) is 101 Å². The van der Waals surface area contributed by atoms with Crippen molar-refractivity contribution < 1.29 is 8.78 Å². The van der Waals surface area contributed by atoms with Gasteiger partial charge in [-0.1, -0.05) is 0 Å². The molecule has 2 rings (SSSR count). The third-order valence-electron chi connectivity index (χ3n) is 2.32. The van der Waals surface area contributed by atoms with Crippen LogP contribution < -0.4 is 16.8 Å².